The maximum atomic E-state index is 12.9. The number of aromatic nitrogens is 2. The number of nitrogens with one attached hydrogen (secondary N) is 1. The molecule has 3 heterocycles. The van der Waals surface area contributed by atoms with E-state index in [1.807, 2.05) is 6.92 Å². The second-order valence-electron chi connectivity index (χ2n) is 7.10. The van der Waals surface area contributed by atoms with E-state index in [4.69, 9.17) is 4.74 Å². The van der Waals surface area contributed by atoms with Crippen molar-refractivity contribution in [1.82, 2.24) is 9.97 Å². The molecule has 7 heteroatoms. The van der Waals surface area contributed by atoms with E-state index in [1.165, 1.54) is 0 Å². The van der Waals surface area contributed by atoms with Gasteiger partial charge in [-0.15, -0.1) is 0 Å². The summed E-state index contributed by atoms with van der Waals surface area (Å²) in [6, 6.07) is 5.26. The highest BCUT2D eigenvalue weighted by molar-refractivity contribution is 6.02. The zero-order valence-electron chi connectivity index (χ0n) is 15.4. The lowest BCUT2D eigenvalue weighted by atomic mass is 9.88. The van der Waals surface area contributed by atoms with Crippen LogP contribution in [0, 0.1) is 12.8 Å². The van der Waals surface area contributed by atoms with Gasteiger partial charge in [-0.2, -0.15) is 0 Å². The number of hydrogen-bond donors (Lipinski definition) is 1. The van der Waals surface area contributed by atoms with Crippen molar-refractivity contribution in [2.75, 3.05) is 23.3 Å². The second kappa shape index (κ2) is 6.98. The van der Waals surface area contributed by atoms with Crippen LogP contribution in [0.5, 0.6) is 5.75 Å². The quantitative estimate of drug-likeness (QED) is 0.841. The first-order valence-electron chi connectivity index (χ1n) is 9.20. The Labute approximate surface area is 157 Å². The van der Waals surface area contributed by atoms with E-state index < -0.39 is 6.10 Å². The molecule has 1 amide bonds. The number of hydrogen-bond acceptors (Lipinski definition) is 6. The zero-order valence-corrected chi connectivity index (χ0v) is 15.4. The fraction of sp³-hybridized carbons (Fsp3) is 0.400. The Morgan fingerprint density at radius 3 is 2.78 bits per heavy atom. The highest BCUT2D eigenvalue weighted by atomic mass is 16.5. The Kier molecular flexibility index (Phi) is 4.51. The summed E-state index contributed by atoms with van der Waals surface area (Å²) < 4.78 is 5.55. The topological polar surface area (TPSA) is 84.4 Å². The van der Waals surface area contributed by atoms with Gasteiger partial charge < -0.3 is 15.0 Å². The molecule has 2 aromatic rings. The van der Waals surface area contributed by atoms with Gasteiger partial charge in [0.05, 0.1) is 17.6 Å². The number of ether oxygens (including phenoxy) is 1. The first kappa shape index (κ1) is 17.5. The Morgan fingerprint density at radius 1 is 1.26 bits per heavy atom. The zero-order chi connectivity index (χ0) is 19.0. The molecule has 0 saturated carbocycles. The molecule has 0 radical (unpaired) electrons. The number of amides is 1. The highest BCUT2D eigenvalue weighted by Crippen LogP contribution is 2.32. The molecule has 1 saturated heterocycles. The molecule has 27 heavy (non-hydrogen) atoms. The summed E-state index contributed by atoms with van der Waals surface area (Å²) >= 11 is 0. The first-order chi connectivity index (χ1) is 13.0. The number of carbonyl (C=O) groups excluding carboxylic acids is 2. The molecule has 7 nitrogen and oxygen atoms in total. The molecule has 1 aromatic heterocycles. The van der Waals surface area contributed by atoms with E-state index in [0.717, 1.165) is 37.4 Å². The van der Waals surface area contributed by atoms with E-state index in [0.29, 0.717) is 17.0 Å². The van der Waals surface area contributed by atoms with Gasteiger partial charge in [-0.3, -0.25) is 14.6 Å². The van der Waals surface area contributed by atoms with Crippen LogP contribution in [-0.2, 0) is 4.79 Å². The number of rotatable bonds is 3. The summed E-state index contributed by atoms with van der Waals surface area (Å²) in [6.07, 6.45) is 4.52. The third-order valence-corrected chi connectivity index (χ3v) is 5.13. The van der Waals surface area contributed by atoms with Crippen LogP contribution < -0.4 is 15.0 Å². The maximum absolute atomic E-state index is 12.9. The number of anilines is 2. The second-order valence-corrected chi connectivity index (χ2v) is 7.10. The number of Topliss-reactive ketones (excluding diaryl/α,β-unsaturated/α-hetero) is 1. The summed E-state index contributed by atoms with van der Waals surface area (Å²) in [5.41, 5.74) is 2.07. The molecular formula is C20H22N4O3. The van der Waals surface area contributed by atoms with Crippen molar-refractivity contribution in [3.63, 3.8) is 0 Å². The fourth-order valence-corrected chi connectivity index (χ4v) is 3.57. The van der Waals surface area contributed by atoms with Gasteiger partial charge >= 0.3 is 0 Å². The predicted octanol–water partition coefficient (Wildman–Crippen LogP) is 2.60. The largest absolute Gasteiger partial charge is 0.479 e. The number of nitrogens with zero attached hydrogens (tertiary/aromatic N) is 3. The number of piperidine rings is 1. The standard InChI is InChI=1S/C20H22N4O3/c1-12-10-21-11-18(22-12)24-7-5-14(6-8-24)19(25)15-3-4-17-16(9-15)23-20(26)13(2)27-17/h3-4,9-11,13-14H,5-8H2,1-2H3,(H,23,26). The van der Waals surface area contributed by atoms with Gasteiger partial charge in [-0.25, -0.2) is 4.98 Å². The van der Waals surface area contributed by atoms with Gasteiger partial charge in [0.15, 0.2) is 11.9 Å². The predicted molar refractivity (Wildman–Crippen MR) is 101 cm³/mol. The van der Waals surface area contributed by atoms with E-state index in [2.05, 4.69) is 20.2 Å². The summed E-state index contributed by atoms with van der Waals surface area (Å²) in [4.78, 5) is 35.6. The Morgan fingerprint density at radius 2 is 2.04 bits per heavy atom. The van der Waals surface area contributed by atoms with Gasteiger partial charge in [-0.05, 0) is 44.9 Å². The Balaban J connectivity index is 1.44. The average molecular weight is 366 g/mol. The third-order valence-electron chi connectivity index (χ3n) is 5.13. The van der Waals surface area contributed by atoms with Gasteiger partial charge in [0.1, 0.15) is 11.6 Å². The van der Waals surface area contributed by atoms with E-state index in [9.17, 15) is 9.59 Å². The number of aryl methyl sites for hydroxylation is 1. The van der Waals surface area contributed by atoms with Crippen LogP contribution in [0.1, 0.15) is 35.8 Å². The lowest BCUT2D eigenvalue weighted by Gasteiger charge is -2.32. The molecular weight excluding hydrogens is 344 g/mol. The molecule has 1 fully saturated rings. The fourth-order valence-electron chi connectivity index (χ4n) is 3.57. The van der Waals surface area contributed by atoms with Crippen LogP contribution in [0.15, 0.2) is 30.6 Å². The molecule has 1 atom stereocenters. The van der Waals surface area contributed by atoms with Crippen molar-refractivity contribution >= 4 is 23.2 Å². The molecule has 1 aromatic carbocycles. The van der Waals surface area contributed by atoms with Crippen LogP contribution in [0.3, 0.4) is 0 Å². The minimum atomic E-state index is -0.520. The molecule has 2 aliphatic heterocycles. The normalized spacial score (nSPS) is 19.9. The Hall–Kier alpha value is -2.96. The van der Waals surface area contributed by atoms with Gasteiger partial charge in [0.25, 0.3) is 5.91 Å². The van der Waals surface area contributed by atoms with Crippen LogP contribution in [0.25, 0.3) is 0 Å². The summed E-state index contributed by atoms with van der Waals surface area (Å²) in [5, 5.41) is 2.80. The van der Waals surface area contributed by atoms with Crippen LogP contribution >= 0.6 is 0 Å². The van der Waals surface area contributed by atoms with Crippen molar-refractivity contribution in [3.8, 4) is 5.75 Å². The van der Waals surface area contributed by atoms with Gasteiger partial charge in [-0.1, -0.05) is 0 Å². The molecule has 2 aliphatic rings. The third kappa shape index (κ3) is 3.49. The van der Waals surface area contributed by atoms with Crippen molar-refractivity contribution < 1.29 is 14.3 Å². The molecule has 0 bridgehead atoms. The number of fused-ring (bicyclic) bond motifs is 1. The molecule has 140 valence electrons. The molecule has 1 unspecified atom stereocenters. The lowest BCUT2D eigenvalue weighted by molar-refractivity contribution is -0.122. The van der Waals surface area contributed by atoms with Gasteiger partial charge in [0, 0.05) is 30.8 Å². The highest BCUT2D eigenvalue weighted by Gasteiger charge is 2.29. The smallest absolute Gasteiger partial charge is 0.265 e. The molecule has 1 N–H and O–H groups in total. The summed E-state index contributed by atoms with van der Waals surface area (Å²) in [5.74, 6) is 1.35. The number of benzene rings is 1. The van der Waals surface area contributed by atoms with Crippen molar-refractivity contribution in [1.29, 1.82) is 0 Å². The van der Waals surface area contributed by atoms with E-state index in [1.54, 1.807) is 37.5 Å². The average Bonchev–Trinajstić information content (AvgIpc) is 2.68. The van der Waals surface area contributed by atoms with Crippen molar-refractivity contribution in [2.24, 2.45) is 5.92 Å². The minimum Gasteiger partial charge on any atom is -0.479 e. The van der Waals surface area contributed by atoms with Crippen molar-refractivity contribution in [3.05, 3.63) is 41.9 Å². The number of carbonyl (C=O) groups is 2. The molecule has 0 aliphatic carbocycles. The Bertz CT molecular complexity index is 891. The van der Waals surface area contributed by atoms with E-state index in [-0.39, 0.29) is 17.6 Å². The summed E-state index contributed by atoms with van der Waals surface area (Å²) in [6.45, 7) is 5.17. The van der Waals surface area contributed by atoms with Crippen LogP contribution in [0.4, 0.5) is 11.5 Å². The van der Waals surface area contributed by atoms with Crippen LogP contribution in [0.2, 0.25) is 0 Å². The molecule has 4 rings (SSSR count). The SMILES string of the molecule is Cc1cncc(N2CCC(C(=O)c3ccc4c(c3)NC(=O)C(C)O4)CC2)n1. The van der Waals surface area contributed by atoms with Crippen molar-refractivity contribution in [2.45, 2.75) is 32.8 Å². The maximum Gasteiger partial charge on any atom is 0.265 e. The molecule has 0 spiro atoms. The van der Waals surface area contributed by atoms with Gasteiger partial charge in [0.2, 0.25) is 0 Å². The number of ketones is 1. The summed E-state index contributed by atoms with van der Waals surface area (Å²) in [7, 11) is 0. The lowest BCUT2D eigenvalue weighted by Crippen LogP contribution is -2.37. The monoisotopic (exact) mass is 366 g/mol. The van der Waals surface area contributed by atoms with E-state index >= 15 is 0 Å². The minimum absolute atomic E-state index is 0.0313. The first-order valence-corrected chi connectivity index (χ1v) is 9.20. The van der Waals surface area contributed by atoms with Crippen LogP contribution in [-0.4, -0.2) is 40.9 Å².